The SMILES string of the molecule is Cn1c(=O)[nH]c2ccc(C(=O)N3CCOCC3CC3CCC3)cc21. The number of aryl methyl sites for hydroxylation is 1. The maximum atomic E-state index is 13.0. The number of carbonyl (C=O) groups is 1. The molecular formula is C18H23N3O3. The van der Waals surface area contributed by atoms with Crippen LogP contribution in [0.1, 0.15) is 36.0 Å². The minimum Gasteiger partial charge on any atom is -0.377 e. The number of aromatic nitrogens is 2. The van der Waals surface area contributed by atoms with Gasteiger partial charge in [-0.25, -0.2) is 4.79 Å². The van der Waals surface area contributed by atoms with Gasteiger partial charge in [0.05, 0.1) is 30.3 Å². The van der Waals surface area contributed by atoms with E-state index in [1.807, 2.05) is 17.0 Å². The van der Waals surface area contributed by atoms with Gasteiger partial charge in [-0.2, -0.15) is 0 Å². The van der Waals surface area contributed by atoms with Crippen molar-refractivity contribution in [2.75, 3.05) is 19.8 Å². The lowest BCUT2D eigenvalue weighted by atomic mass is 9.80. The summed E-state index contributed by atoms with van der Waals surface area (Å²) < 4.78 is 7.16. The Labute approximate surface area is 140 Å². The molecule has 0 radical (unpaired) electrons. The highest BCUT2D eigenvalue weighted by molar-refractivity contribution is 5.97. The minimum atomic E-state index is -0.163. The first-order chi connectivity index (χ1) is 11.6. The third-order valence-electron chi connectivity index (χ3n) is 5.47. The summed E-state index contributed by atoms with van der Waals surface area (Å²) in [4.78, 5) is 29.5. The average molecular weight is 329 g/mol. The molecule has 1 aromatic heterocycles. The van der Waals surface area contributed by atoms with Crippen LogP contribution in [0.3, 0.4) is 0 Å². The van der Waals surface area contributed by atoms with E-state index in [0.29, 0.717) is 25.3 Å². The second-order valence-corrected chi connectivity index (χ2v) is 6.98. The molecule has 4 rings (SSSR count). The predicted molar refractivity (Wildman–Crippen MR) is 91.1 cm³/mol. The van der Waals surface area contributed by atoms with Crippen molar-refractivity contribution in [2.24, 2.45) is 13.0 Å². The zero-order valence-electron chi connectivity index (χ0n) is 14.0. The van der Waals surface area contributed by atoms with Crippen molar-refractivity contribution in [2.45, 2.75) is 31.7 Å². The predicted octanol–water partition coefficient (Wildman–Crippen LogP) is 1.90. The number of amides is 1. The molecule has 6 nitrogen and oxygen atoms in total. The molecule has 0 spiro atoms. The van der Waals surface area contributed by atoms with Crippen LogP contribution in [0.2, 0.25) is 0 Å². The Kier molecular flexibility index (Phi) is 3.92. The molecule has 2 aromatic rings. The number of nitrogens with one attached hydrogen (secondary N) is 1. The van der Waals surface area contributed by atoms with Crippen LogP contribution < -0.4 is 5.69 Å². The van der Waals surface area contributed by atoms with E-state index in [2.05, 4.69) is 4.98 Å². The minimum absolute atomic E-state index is 0.0400. The summed E-state index contributed by atoms with van der Waals surface area (Å²) in [7, 11) is 1.71. The lowest BCUT2D eigenvalue weighted by molar-refractivity contribution is -0.0124. The second-order valence-electron chi connectivity index (χ2n) is 6.98. The summed E-state index contributed by atoms with van der Waals surface area (Å²) in [5.74, 6) is 0.776. The van der Waals surface area contributed by atoms with Crippen LogP contribution in [0.4, 0.5) is 0 Å². The Bertz CT molecular complexity index is 819. The highest BCUT2D eigenvalue weighted by Crippen LogP contribution is 2.32. The second kappa shape index (κ2) is 6.09. The molecule has 24 heavy (non-hydrogen) atoms. The van der Waals surface area contributed by atoms with E-state index in [0.717, 1.165) is 23.4 Å². The maximum Gasteiger partial charge on any atom is 0.326 e. The van der Waals surface area contributed by atoms with Gasteiger partial charge in [0.15, 0.2) is 0 Å². The molecule has 1 unspecified atom stereocenters. The Morgan fingerprint density at radius 1 is 1.38 bits per heavy atom. The summed E-state index contributed by atoms with van der Waals surface area (Å²) in [5.41, 5.74) is 1.99. The third kappa shape index (κ3) is 2.65. The topological polar surface area (TPSA) is 67.3 Å². The van der Waals surface area contributed by atoms with Gasteiger partial charge in [-0.05, 0) is 30.5 Å². The normalized spacial score (nSPS) is 21.9. The number of fused-ring (bicyclic) bond motifs is 1. The van der Waals surface area contributed by atoms with Crippen molar-refractivity contribution in [1.29, 1.82) is 0 Å². The molecule has 1 aliphatic heterocycles. The number of morpholine rings is 1. The lowest BCUT2D eigenvalue weighted by Crippen LogP contribution is -2.49. The highest BCUT2D eigenvalue weighted by atomic mass is 16.5. The number of imidazole rings is 1. The smallest absolute Gasteiger partial charge is 0.326 e. The van der Waals surface area contributed by atoms with Crippen LogP contribution in [-0.2, 0) is 11.8 Å². The van der Waals surface area contributed by atoms with Gasteiger partial charge in [0.25, 0.3) is 5.91 Å². The molecule has 2 heterocycles. The van der Waals surface area contributed by atoms with Crippen LogP contribution in [0.5, 0.6) is 0 Å². The first-order valence-electron chi connectivity index (χ1n) is 8.71. The van der Waals surface area contributed by atoms with Gasteiger partial charge >= 0.3 is 5.69 Å². The quantitative estimate of drug-likeness (QED) is 0.935. The number of rotatable bonds is 3. The van der Waals surface area contributed by atoms with Crippen LogP contribution in [0.25, 0.3) is 11.0 Å². The van der Waals surface area contributed by atoms with E-state index >= 15 is 0 Å². The van der Waals surface area contributed by atoms with Gasteiger partial charge < -0.3 is 14.6 Å². The van der Waals surface area contributed by atoms with Gasteiger partial charge in [-0.3, -0.25) is 9.36 Å². The van der Waals surface area contributed by atoms with Gasteiger partial charge in [-0.15, -0.1) is 0 Å². The maximum absolute atomic E-state index is 13.0. The summed E-state index contributed by atoms with van der Waals surface area (Å²) in [6.07, 6.45) is 4.90. The number of hydrogen-bond acceptors (Lipinski definition) is 3. The first kappa shape index (κ1) is 15.4. The fourth-order valence-electron chi connectivity index (χ4n) is 3.75. The summed E-state index contributed by atoms with van der Waals surface area (Å²) in [5, 5.41) is 0. The van der Waals surface area contributed by atoms with Gasteiger partial charge in [0.2, 0.25) is 0 Å². The summed E-state index contributed by atoms with van der Waals surface area (Å²) in [6, 6.07) is 5.59. The molecule has 0 bridgehead atoms. The van der Waals surface area contributed by atoms with Crippen LogP contribution in [0, 0.1) is 5.92 Å². The Balaban J connectivity index is 1.60. The Morgan fingerprint density at radius 3 is 2.96 bits per heavy atom. The van der Waals surface area contributed by atoms with Crippen molar-refractivity contribution in [1.82, 2.24) is 14.5 Å². The van der Waals surface area contributed by atoms with E-state index in [9.17, 15) is 9.59 Å². The molecule has 2 fully saturated rings. The zero-order chi connectivity index (χ0) is 16.7. The van der Waals surface area contributed by atoms with Crippen molar-refractivity contribution in [3.05, 3.63) is 34.2 Å². The summed E-state index contributed by atoms with van der Waals surface area (Å²) in [6.45, 7) is 1.87. The van der Waals surface area contributed by atoms with E-state index < -0.39 is 0 Å². The molecule has 2 aliphatic rings. The van der Waals surface area contributed by atoms with Gasteiger partial charge in [0.1, 0.15) is 0 Å². The third-order valence-corrected chi connectivity index (χ3v) is 5.47. The van der Waals surface area contributed by atoms with E-state index in [-0.39, 0.29) is 17.6 Å². The van der Waals surface area contributed by atoms with Crippen LogP contribution in [0.15, 0.2) is 23.0 Å². The Hall–Kier alpha value is -2.08. The largest absolute Gasteiger partial charge is 0.377 e. The van der Waals surface area contributed by atoms with E-state index in [1.165, 1.54) is 23.8 Å². The molecule has 1 amide bonds. The number of aromatic amines is 1. The van der Waals surface area contributed by atoms with Crippen LogP contribution in [-0.4, -0.2) is 46.2 Å². The fourth-order valence-corrected chi connectivity index (χ4v) is 3.75. The number of carbonyl (C=O) groups excluding carboxylic acids is 1. The molecule has 1 aliphatic carbocycles. The lowest BCUT2D eigenvalue weighted by Gasteiger charge is -2.39. The van der Waals surface area contributed by atoms with Crippen molar-refractivity contribution < 1.29 is 9.53 Å². The van der Waals surface area contributed by atoms with Crippen molar-refractivity contribution in [3.63, 3.8) is 0 Å². The van der Waals surface area contributed by atoms with Crippen molar-refractivity contribution in [3.8, 4) is 0 Å². The molecule has 1 saturated heterocycles. The monoisotopic (exact) mass is 329 g/mol. The number of hydrogen-bond donors (Lipinski definition) is 1. The number of nitrogens with zero attached hydrogens (tertiary/aromatic N) is 2. The molecular weight excluding hydrogens is 306 g/mol. The number of benzene rings is 1. The average Bonchev–Trinajstić information content (AvgIpc) is 2.85. The molecule has 1 atom stereocenters. The molecule has 6 heteroatoms. The Morgan fingerprint density at radius 2 is 2.21 bits per heavy atom. The summed E-state index contributed by atoms with van der Waals surface area (Å²) >= 11 is 0. The highest BCUT2D eigenvalue weighted by Gasteiger charge is 2.32. The molecule has 128 valence electrons. The van der Waals surface area contributed by atoms with Crippen LogP contribution >= 0.6 is 0 Å². The zero-order valence-corrected chi connectivity index (χ0v) is 14.0. The standard InChI is InChI=1S/C18H23N3O3/c1-20-16-10-13(5-6-15(16)19-18(20)23)17(22)21-7-8-24-11-14(21)9-12-3-2-4-12/h5-6,10,12,14H,2-4,7-9,11H2,1H3,(H,19,23). The molecule has 1 aromatic carbocycles. The van der Waals surface area contributed by atoms with Gasteiger partial charge in [0, 0.05) is 19.2 Å². The van der Waals surface area contributed by atoms with E-state index in [1.54, 1.807) is 13.1 Å². The first-order valence-corrected chi connectivity index (χ1v) is 8.71. The van der Waals surface area contributed by atoms with Gasteiger partial charge in [-0.1, -0.05) is 19.3 Å². The number of ether oxygens (including phenoxy) is 1. The molecule has 1 N–H and O–H groups in total. The molecule has 1 saturated carbocycles. The van der Waals surface area contributed by atoms with Crippen molar-refractivity contribution >= 4 is 16.9 Å². The van der Waals surface area contributed by atoms with E-state index in [4.69, 9.17) is 4.74 Å². The fraction of sp³-hybridized carbons (Fsp3) is 0.556. The number of H-pyrrole nitrogens is 1.